The molecule has 4 rings (SSSR count). The molecule has 0 radical (unpaired) electrons. The third-order valence-corrected chi connectivity index (χ3v) is 5.55. The fourth-order valence-electron chi connectivity index (χ4n) is 3.27. The number of amides is 1. The lowest BCUT2D eigenvalue weighted by atomic mass is 10.1. The number of hydrogen-bond donors (Lipinski definition) is 1. The van der Waals surface area contributed by atoms with Gasteiger partial charge in [-0.25, -0.2) is 14.3 Å². The first-order valence-electron chi connectivity index (χ1n) is 8.90. The van der Waals surface area contributed by atoms with Gasteiger partial charge < -0.3 is 9.80 Å². The molecule has 1 fully saturated rings. The standard InChI is InChI=1S/C19H20N6O2S/c1-13(26)24-4-6-25(7-5-24)19-12-22-17-3-2-14(9-18(17)23-19)15-8-16(28(20)27)11-21-10-15/h2-3,8-12H,4-7,20H2,1H3. The van der Waals surface area contributed by atoms with Crippen molar-refractivity contribution in [2.75, 3.05) is 31.1 Å². The van der Waals surface area contributed by atoms with Crippen LogP contribution < -0.4 is 10.0 Å². The Balaban J connectivity index is 1.63. The van der Waals surface area contributed by atoms with Crippen molar-refractivity contribution >= 4 is 33.7 Å². The topological polar surface area (TPSA) is 105 Å². The lowest BCUT2D eigenvalue weighted by Gasteiger charge is -2.34. The average molecular weight is 396 g/mol. The summed E-state index contributed by atoms with van der Waals surface area (Å²) < 4.78 is 11.5. The molecular formula is C19H20N6O2S. The van der Waals surface area contributed by atoms with Gasteiger partial charge >= 0.3 is 0 Å². The van der Waals surface area contributed by atoms with Crippen LogP contribution in [0.4, 0.5) is 5.82 Å². The number of piperazine rings is 1. The Hall–Kier alpha value is -2.91. The van der Waals surface area contributed by atoms with Crippen LogP contribution in [0.1, 0.15) is 6.92 Å². The second-order valence-corrected chi connectivity index (χ2v) is 7.70. The first kappa shape index (κ1) is 18.5. The number of fused-ring (bicyclic) bond motifs is 1. The number of hydrogen-bond acceptors (Lipinski definition) is 6. The summed E-state index contributed by atoms with van der Waals surface area (Å²) in [5.74, 6) is 0.894. The van der Waals surface area contributed by atoms with E-state index in [-0.39, 0.29) is 5.91 Å². The summed E-state index contributed by atoms with van der Waals surface area (Å²) in [6.45, 7) is 4.42. The molecule has 1 unspecified atom stereocenters. The predicted octanol–water partition coefficient (Wildman–Crippen LogP) is 1.34. The molecule has 0 spiro atoms. The van der Waals surface area contributed by atoms with Crippen molar-refractivity contribution in [1.29, 1.82) is 0 Å². The summed E-state index contributed by atoms with van der Waals surface area (Å²) in [6.07, 6.45) is 4.97. The second-order valence-electron chi connectivity index (χ2n) is 6.63. The molecule has 1 saturated heterocycles. The number of anilines is 1. The van der Waals surface area contributed by atoms with E-state index >= 15 is 0 Å². The van der Waals surface area contributed by atoms with Crippen LogP contribution in [0.2, 0.25) is 0 Å². The van der Waals surface area contributed by atoms with Gasteiger partial charge in [-0.05, 0) is 23.8 Å². The second kappa shape index (κ2) is 7.61. The van der Waals surface area contributed by atoms with E-state index in [9.17, 15) is 9.00 Å². The van der Waals surface area contributed by atoms with E-state index in [1.165, 1.54) is 6.20 Å². The molecule has 8 nitrogen and oxygen atoms in total. The number of benzene rings is 1. The van der Waals surface area contributed by atoms with E-state index in [0.717, 1.165) is 41.1 Å². The van der Waals surface area contributed by atoms with Crippen molar-refractivity contribution in [2.45, 2.75) is 11.8 Å². The molecule has 0 saturated carbocycles. The molecular weight excluding hydrogens is 376 g/mol. The van der Waals surface area contributed by atoms with Crippen LogP contribution in [-0.2, 0) is 15.8 Å². The Morgan fingerprint density at radius 3 is 2.54 bits per heavy atom. The molecule has 1 aromatic carbocycles. The van der Waals surface area contributed by atoms with Gasteiger partial charge in [-0.1, -0.05) is 6.07 Å². The van der Waals surface area contributed by atoms with Crippen molar-refractivity contribution in [3.8, 4) is 11.1 Å². The fourth-order valence-corrected chi connectivity index (χ4v) is 3.68. The molecule has 3 aromatic rings. The molecule has 28 heavy (non-hydrogen) atoms. The van der Waals surface area contributed by atoms with E-state index in [1.807, 2.05) is 23.1 Å². The highest BCUT2D eigenvalue weighted by atomic mass is 32.2. The molecule has 9 heteroatoms. The number of nitrogens with two attached hydrogens (primary N) is 1. The van der Waals surface area contributed by atoms with Gasteiger partial charge in [0, 0.05) is 51.1 Å². The van der Waals surface area contributed by atoms with Gasteiger partial charge in [-0.2, -0.15) is 0 Å². The Morgan fingerprint density at radius 2 is 1.82 bits per heavy atom. The van der Waals surface area contributed by atoms with Crippen LogP contribution in [0.3, 0.4) is 0 Å². The Morgan fingerprint density at radius 1 is 1.04 bits per heavy atom. The molecule has 1 aliphatic rings. The summed E-state index contributed by atoms with van der Waals surface area (Å²) in [5, 5.41) is 5.46. The maximum Gasteiger partial charge on any atom is 0.219 e. The average Bonchev–Trinajstić information content (AvgIpc) is 2.73. The largest absolute Gasteiger partial charge is 0.352 e. The van der Waals surface area contributed by atoms with Gasteiger partial charge in [0.2, 0.25) is 5.91 Å². The minimum Gasteiger partial charge on any atom is -0.352 e. The highest BCUT2D eigenvalue weighted by Crippen LogP contribution is 2.25. The molecule has 0 bridgehead atoms. The summed E-state index contributed by atoms with van der Waals surface area (Å²) in [7, 11) is -1.58. The van der Waals surface area contributed by atoms with Gasteiger partial charge in [0.1, 0.15) is 16.8 Å². The third-order valence-electron chi connectivity index (χ3n) is 4.86. The van der Waals surface area contributed by atoms with Gasteiger partial charge in [-0.3, -0.25) is 14.8 Å². The number of nitrogens with zero attached hydrogens (tertiary/aromatic N) is 5. The minimum absolute atomic E-state index is 0.100. The molecule has 0 aliphatic carbocycles. The first-order valence-corrected chi connectivity index (χ1v) is 10.1. The van der Waals surface area contributed by atoms with Gasteiger partial charge in [0.05, 0.1) is 22.1 Å². The lowest BCUT2D eigenvalue weighted by molar-refractivity contribution is -0.129. The summed E-state index contributed by atoms with van der Waals surface area (Å²) in [6, 6.07) is 7.55. The third kappa shape index (κ3) is 3.71. The smallest absolute Gasteiger partial charge is 0.219 e. The van der Waals surface area contributed by atoms with E-state index in [2.05, 4.69) is 14.9 Å². The van der Waals surface area contributed by atoms with Crippen molar-refractivity contribution in [1.82, 2.24) is 19.9 Å². The van der Waals surface area contributed by atoms with Crippen LogP contribution in [-0.4, -0.2) is 56.1 Å². The molecule has 2 N–H and O–H groups in total. The number of rotatable bonds is 3. The Kier molecular flexibility index (Phi) is 5.01. The molecule has 144 valence electrons. The van der Waals surface area contributed by atoms with E-state index in [1.54, 1.807) is 25.4 Å². The SMILES string of the molecule is CC(=O)N1CCN(c2cnc3ccc(-c4cncc(S(N)=O)c4)cc3n2)CC1. The van der Waals surface area contributed by atoms with E-state index in [4.69, 9.17) is 10.1 Å². The van der Waals surface area contributed by atoms with Crippen LogP contribution >= 0.6 is 0 Å². The van der Waals surface area contributed by atoms with Crippen molar-refractivity contribution in [3.05, 3.63) is 42.9 Å². The number of pyridine rings is 1. The zero-order chi connectivity index (χ0) is 19.7. The quantitative estimate of drug-likeness (QED) is 0.716. The maximum absolute atomic E-state index is 11.5. The summed E-state index contributed by atoms with van der Waals surface area (Å²) >= 11 is 0. The molecule has 2 aromatic heterocycles. The molecule has 1 amide bonds. The van der Waals surface area contributed by atoms with Crippen molar-refractivity contribution < 1.29 is 9.00 Å². The minimum atomic E-state index is -1.58. The van der Waals surface area contributed by atoms with Crippen molar-refractivity contribution in [2.24, 2.45) is 5.14 Å². The molecule has 3 heterocycles. The number of carbonyl (C=O) groups excluding carboxylic acids is 1. The highest BCUT2D eigenvalue weighted by molar-refractivity contribution is 7.82. The zero-order valence-corrected chi connectivity index (χ0v) is 16.2. The van der Waals surface area contributed by atoms with Crippen molar-refractivity contribution in [3.63, 3.8) is 0 Å². The summed E-state index contributed by atoms with van der Waals surface area (Å²) in [5.41, 5.74) is 3.28. The number of aromatic nitrogens is 3. The zero-order valence-electron chi connectivity index (χ0n) is 15.4. The first-order chi connectivity index (χ1) is 13.5. The van der Waals surface area contributed by atoms with Gasteiger partial charge in [-0.15, -0.1) is 0 Å². The molecule has 1 aliphatic heterocycles. The van der Waals surface area contributed by atoms with E-state index in [0.29, 0.717) is 18.0 Å². The number of carbonyl (C=O) groups is 1. The van der Waals surface area contributed by atoms with Gasteiger partial charge in [0.25, 0.3) is 0 Å². The highest BCUT2D eigenvalue weighted by Gasteiger charge is 2.20. The van der Waals surface area contributed by atoms with Crippen LogP contribution in [0, 0.1) is 0 Å². The predicted molar refractivity (Wildman–Crippen MR) is 108 cm³/mol. The summed E-state index contributed by atoms with van der Waals surface area (Å²) in [4.78, 5) is 29.4. The van der Waals surface area contributed by atoms with Crippen LogP contribution in [0.25, 0.3) is 22.2 Å². The maximum atomic E-state index is 11.5. The van der Waals surface area contributed by atoms with E-state index < -0.39 is 11.0 Å². The van der Waals surface area contributed by atoms with Gasteiger partial charge in [0.15, 0.2) is 0 Å². The molecule has 1 atom stereocenters. The van der Waals surface area contributed by atoms with Crippen LogP contribution in [0.15, 0.2) is 47.8 Å². The monoisotopic (exact) mass is 396 g/mol. The lowest BCUT2D eigenvalue weighted by Crippen LogP contribution is -2.48. The Labute approximate surface area is 165 Å². The normalized spacial score (nSPS) is 15.6. The van der Waals surface area contributed by atoms with Crippen LogP contribution in [0.5, 0.6) is 0 Å². The Bertz CT molecular complexity index is 1070. The fraction of sp³-hybridized carbons (Fsp3) is 0.263.